The summed E-state index contributed by atoms with van der Waals surface area (Å²) in [6.07, 6.45) is 18.4. The van der Waals surface area contributed by atoms with E-state index in [2.05, 4.69) is 4.74 Å². The van der Waals surface area contributed by atoms with Crippen LogP contribution in [-0.2, 0) is 9.53 Å². The highest BCUT2D eigenvalue weighted by atomic mass is 16.5. The van der Waals surface area contributed by atoms with Crippen molar-refractivity contribution in [3.8, 4) is 0 Å². The molecule has 0 saturated carbocycles. The first kappa shape index (κ1) is 24.1. The number of hydrogen-bond acceptors (Lipinski definition) is 5. The SMILES string of the molecule is CC[C@@H](O)/C=C/C=C\C[C@@H](O)/C=C/C=C/C=C/[C@H](O)CCCC(=O)OC. The third-order valence-corrected chi connectivity index (χ3v) is 3.48. The van der Waals surface area contributed by atoms with Gasteiger partial charge in [-0.25, -0.2) is 0 Å². The lowest BCUT2D eigenvalue weighted by Gasteiger charge is -2.03. The molecule has 0 heterocycles. The third-order valence-electron chi connectivity index (χ3n) is 3.48. The first-order chi connectivity index (χ1) is 12.5. The Morgan fingerprint density at radius 3 is 2.08 bits per heavy atom. The Morgan fingerprint density at radius 2 is 1.46 bits per heavy atom. The molecule has 26 heavy (non-hydrogen) atoms. The number of carbonyl (C=O) groups is 1. The molecule has 146 valence electrons. The van der Waals surface area contributed by atoms with Crippen molar-refractivity contribution >= 4 is 5.97 Å². The van der Waals surface area contributed by atoms with Crippen molar-refractivity contribution in [2.75, 3.05) is 7.11 Å². The van der Waals surface area contributed by atoms with Gasteiger partial charge in [0.1, 0.15) is 0 Å². The summed E-state index contributed by atoms with van der Waals surface area (Å²) in [6.45, 7) is 1.90. The van der Waals surface area contributed by atoms with Gasteiger partial charge < -0.3 is 20.1 Å². The molecule has 0 aliphatic rings. The molecule has 3 N–H and O–H groups in total. The van der Waals surface area contributed by atoms with E-state index in [9.17, 15) is 20.1 Å². The maximum absolute atomic E-state index is 10.9. The Morgan fingerprint density at radius 1 is 0.885 bits per heavy atom. The second kappa shape index (κ2) is 16.5. The van der Waals surface area contributed by atoms with Crippen LogP contribution in [0.3, 0.4) is 0 Å². The number of hydrogen-bond donors (Lipinski definition) is 3. The molecule has 0 saturated heterocycles. The number of rotatable bonds is 13. The topological polar surface area (TPSA) is 87.0 Å². The number of aliphatic hydroxyl groups excluding tert-OH is 3. The van der Waals surface area contributed by atoms with Gasteiger partial charge in [-0.2, -0.15) is 0 Å². The Bertz CT molecular complexity index is 503. The Kier molecular flexibility index (Phi) is 15.3. The van der Waals surface area contributed by atoms with Crippen LogP contribution in [-0.4, -0.2) is 46.7 Å². The van der Waals surface area contributed by atoms with Crippen LogP contribution in [0.2, 0.25) is 0 Å². The molecule has 0 bridgehead atoms. The minimum atomic E-state index is -0.594. The van der Waals surface area contributed by atoms with Gasteiger partial charge in [0, 0.05) is 6.42 Å². The fourth-order valence-electron chi connectivity index (χ4n) is 1.87. The molecule has 0 amide bonds. The van der Waals surface area contributed by atoms with Crippen molar-refractivity contribution in [3.63, 3.8) is 0 Å². The van der Waals surface area contributed by atoms with Crippen LogP contribution in [0, 0.1) is 0 Å². The Balaban J connectivity index is 3.95. The summed E-state index contributed by atoms with van der Waals surface area (Å²) in [5.74, 6) is -0.269. The van der Waals surface area contributed by atoms with Crippen LogP contribution in [0.4, 0.5) is 0 Å². The molecule has 0 aromatic carbocycles. The molecule has 5 nitrogen and oxygen atoms in total. The first-order valence-corrected chi connectivity index (χ1v) is 8.95. The standard InChI is InChI=1S/C21H32O5/c1-3-18(22)12-9-6-10-15-19(23)13-7-4-5-8-14-20(24)16-11-17-21(25)26-2/h4-10,12-14,18-20,22-24H,3,11,15-17H2,1-2H3/b5-4+,10-6-,12-9+,13-7+,14-8+/t18-,19+,20+/m1/s1. The highest BCUT2D eigenvalue weighted by molar-refractivity contribution is 5.68. The van der Waals surface area contributed by atoms with E-state index < -0.39 is 18.3 Å². The zero-order valence-electron chi connectivity index (χ0n) is 15.7. The Labute approximate surface area is 156 Å². The lowest BCUT2D eigenvalue weighted by Crippen LogP contribution is -2.05. The van der Waals surface area contributed by atoms with Gasteiger partial charge in [-0.15, -0.1) is 0 Å². The van der Waals surface area contributed by atoms with Crippen molar-refractivity contribution in [3.05, 3.63) is 60.8 Å². The van der Waals surface area contributed by atoms with Gasteiger partial charge in [-0.1, -0.05) is 67.7 Å². The van der Waals surface area contributed by atoms with Crippen molar-refractivity contribution in [2.24, 2.45) is 0 Å². The smallest absolute Gasteiger partial charge is 0.305 e. The molecule has 0 unspecified atom stereocenters. The predicted molar refractivity (Wildman–Crippen MR) is 104 cm³/mol. The van der Waals surface area contributed by atoms with Crippen LogP contribution in [0.5, 0.6) is 0 Å². The fraction of sp³-hybridized carbons (Fsp3) is 0.476. The quantitative estimate of drug-likeness (QED) is 0.345. The molecule has 0 aliphatic heterocycles. The second-order valence-corrected chi connectivity index (χ2v) is 5.78. The monoisotopic (exact) mass is 364 g/mol. The first-order valence-electron chi connectivity index (χ1n) is 8.95. The molecular formula is C21H32O5. The average Bonchev–Trinajstić information content (AvgIpc) is 2.63. The highest BCUT2D eigenvalue weighted by Crippen LogP contribution is 2.03. The van der Waals surface area contributed by atoms with E-state index in [-0.39, 0.29) is 5.97 Å². The van der Waals surface area contributed by atoms with E-state index >= 15 is 0 Å². The molecule has 0 aromatic rings. The molecule has 0 aromatic heterocycles. The van der Waals surface area contributed by atoms with Gasteiger partial charge in [0.25, 0.3) is 0 Å². The van der Waals surface area contributed by atoms with Gasteiger partial charge in [0.05, 0.1) is 25.4 Å². The molecule has 3 atom stereocenters. The summed E-state index contributed by atoms with van der Waals surface area (Å²) >= 11 is 0. The zero-order valence-corrected chi connectivity index (χ0v) is 15.7. The third kappa shape index (κ3) is 15.6. The summed E-state index contributed by atoms with van der Waals surface area (Å²) in [5, 5.41) is 28.8. The van der Waals surface area contributed by atoms with E-state index in [0.29, 0.717) is 32.1 Å². The molecular weight excluding hydrogens is 332 g/mol. The second-order valence-electron chi connectivity index (χ2n) is 5.78. The molecule has 5 heteroatoms. The minimum Gasteiger partial charge on any atom is -0.469 e. The molecule has 0 spiro atoms. The number of methoxy groups -OCH3 is 1. The Hall–Kier alpha value is -1.95. The van der Waals surface area contributed by atoms with Gasteiger partial charge in [-0.05, 0) is 25.7 Å². The van der Waals surface area contributed by atoms with Crippen LogP contribution >= 0.6 is 0 Å². The minimum absolute atomic E-state index is 0.269. The number of carbonyl (C=O) groups excluding carboxylic acids is 1. The lowest BCUT2D eigenvalue weighted by molar-refractivity contribution is -0.140. The van der Waals surface area contributed by atoms with Crippen molar-refractivity contribution < 1.29 is 24.9 Å². The molecule has 0 rings (SSSR count). The largest absolute Gasteiger partial charge is 0.469 e. The van der Waals surface area contributed by atoms with Crippen LogP contribution in [0.25, 0.3) is 0 Å². The normalized spacial score (nSPS) is 16.3. The lowest BCUT2D eigenvalue weighted by atomic mass is 10.1. The maximum atomic E-state index is 10.9. The molecule has 0 fully saturated rings. The summed E-state index contributed by atoms with van der Waals surface area (Å²) in [5.41, 5.74) is 0. The van der Waals surface area contributed by atoms with Gasteiger partial charge in [0.2, 0.25) is 0 Å². The van der Waals surface area contributed by atoms with E-state index in [1.165, 1.54) is 7.11 Å². The number of ether oxygens (including phenoxy) is 1. The van der Waals surface area contributed by atoms with E-state index in [1.54, 1.807) is 54.7 Å². The summed E-state index contributed by atoms with van der Waals surface area (Å²) < 4.78 is 4.53. The average molecular weight is 364 g/mol. The van der Waals surface area contributed by atoms with E-state index in [0.717, 1.165) is 0 Å². The van der Waals surface area contributed by atoms with Crippen LogP contribution in [0.1, 0.15) is 39.0 Å². The van der Waals surface area contributed by atoms with Crippen LogP contribution in [0.15, 0.2) is 60.8 Å². The number of aliphatic hydroxyl groups is 3. The fourth-order valence-corrected chi connectivity index (χ4v) is 1.87. The van der Waals surface area contributed by atoms with Gasteiger partial charge in [0.15, 0.2) is 0 Å². The van der Waals surface area contributed by atoms with Gasteiger partial charge >= 0.3 is 5.97 Å². The summed E-state index contributed by atoms with van der Waals surface area (Å²) in [4.78, 5) is 10.9. The highest BCUT2D eigenvalue weighted by Gasteiger charge is 2.03. The van der Waals surface area contributed by atoms with Crippen molar-refractivity contribution in [1.82, 2.24) is 0 Å². The number of esters is 1. The molecule has 0 radical (unpaired) electrons. The molecule has 0 aliphatic carbocycles. The zero-order chi connectivity index (χ0) is 19.6. The van der Waals surface area contributed by atoms with Crippen molar-refractivity contribution in [1.29, 1.82) is 0 Å². The predicted octanol–water partition coefficient (Wildman–Crippen LogP) is 2.99. The maximum Gasteiger partial charge on any atom is 0.305 e. The van der Waals surface area contributed by atoms with E-state index in [4.69, 9.17) is 0 Å². The van der Waals surface area contributed by atoms with Crippen LogP contribution < -0.4 is 0 Å². The number of allylic oxidation sites excluding steroid dienone is 6. The van der Waals surface area contributed by atoms with Crippen molar-refractivity contribution in [2.45, 2.75) is 57.3 Å². The summed E-state index contributed by atoms with van der Waals surface area (Å²) in [7, 11) is 1.35. The summed E-state index contributed by atoms with van der Waals surface area (Å²) in [6, 6.07) is 0. The van der Waals surface area contributed by atoms with Gasteiger partial charge in [-0.3, -0.25) is 4.79 Å². The van der Waals surface area contributed by atoms with E-state index in [1.807, 2.05) is 13.0 Å².